The predicted octanol–water partition coefficient (Wildman–Crippen LogP) is 3.70. The Bertz CT molecular complexity index is 319. The molecule has 1 nitrogen and oxygen atoms in total. The zero-order valence-electron chi connectivity index (χ0n) is 10.1. The summed E-state index contributed by atoms with van der Waals surface area (Å²) in [4.78, 5) is 1.15. The van der Waals surface area contributed by atoms with E-state index in [1.807, 2.05) is 12.1 Å². The Morgan fingerprint density at radius 2 is 1.88 bits per heavy atom. The van der Waals surface area contributed by atoms with Crippen LogP contribution in [0.5, 0.6) is 0 Å². The Hall–Kier alpha value is -0.540. The number of rotatable bonds is 6. The zero-order valence-corrected chi connectivity index (χ0v) is 10.9. The third kappa shape index (κ3) is 4.68. The van der Waals surface area contributed by atoms with E-state index in [0.717, 1.165) is 23.1 Å². The maximum Gasteiger partial charge on any atom is 0.123 e. The van der Waals surface area contributed by atoms with Gasteiger partial charge in [-0.3, -0.25) is 0 Å². The Balaban J connectivity index is 1.55. The molecule has 0 bridgehead atoms. The standard InChI is InChI=1S/C14H20FNS/c15-13-5-7-14(8-6-13)17-10-9-16-11-12-3-1-2-4-12/h5-8,12,16H,1-4,9-11H2. The molecule has 0 atom stereocenters. The summed E-state index contributed by atoms with van der Waals surface area (Å²) in [6.07, 6.45) is 5.63. The number of thioether (sulfide) groups is 1. The number of hydrogen-bond donors (Lipinski definition) is 1. The van der Waals surface area contributed by atoms with E-state index < -0.39 is 0 Å². The van der Waals surface area contributed by atoms with Gasteiger partial charge in [0.05, 0.1) is 0 Å². The summed E-state index contributed by atoms with van der Waals surface area (Å²) >= 11 is 1.78. The maximum atomic E-state index is 12.7. The van der Waals surface area contributed by atoms with Gasteiger partial charge in [-0.2, -0.15) is 0 Å². The molecule has 1 N–H and O–H groups in total. The van der Waals surface area contributed by atoms with Crippen molar-refractivity contribution in [3.63, 3.8) is 0 Å². The molecule has 94 valence electrons. The van der Waals surface area contributed by atoms with Gasteiger partial charge in [-0.1, -0.05) is 12.8 Å². The fourth-order valence-electron chi connectivity index (χ4n) is 2.29. The highest BCUT2D eigenvalue weighted by Crippen LogP contribution is 2.23. The van der Waals surface area contributed by atoms with Gasteiger partial charge in [-0.15, -0.1) is 11.8 Å². The van der Waals surface area contributed by atoms with Gasteiger partial charge < -0.3 is 5.32 Å². The molecule has 1 aliphatic carbocycles. The summed E-state index contributed by atoms with van der Waals surface area (Å²) in [6.45, 7) is 2.21. The number of hydrogen-bond acceptors (Lipinski definition) is 2. The van der Waals surface area contributed by atoms with E-state index in [2.05, 4.69) is 5.32 Å². The molecule has 0 saturated heterocycles. The minimum atomic E-state index is -0.159. The van der Waals surface area contributed by atoms with Gasteiger partial charge in [0.1, 0.15) is 5.82 Å². The van der Waals surface area contributed by atoms with Gasteiger partial charge in [0.2, 0.25) is 0 Å². The number of nitrogens with one attached hydrogen (secondary N) is 1. The molecule has 0 aromatic heterocycles. The molecule has 0 aliphatic heterocycles. The first-order chi connectivity index (χ1) is 8.34. The third-order valence-electron chi connectivity index (χ3n) is 3.27. The lowest BCUT2D eigenvalue weighted by atomic mass is 10.1. The lowest BCUT2D eigenvalue weighted by Gasteiger charge is -2.10. The van der Waals surface area contributed by atoms with Crippen molar-refractivity contribution >= 4 is 11.8 Å². The molecule has 1 aliphatic rings. The Morgan fingerprint density at radius 3 is 2.59 bits per heavy atom. The summed E-state index contributed by atoms with van der Waals surface area (Å²) in [7, 11) is 0. The topological polar surface area (TPSA) is 12.0 Å². The van der Waals surface area contributed by atoms with Crippen molar-refractivity contribution in [2.75, 3.05) is 18.8 Å². The van der Waals surface area contributed by atoms with Crippen LogP contribution in [0, 0.1) is 11.7 Å². The van der Waals surface area contributed by atoms with Crippen molar-refractivity contribution in [1.29, 1.82) is 0 Å². The normalized spacial score (nSPS) is 16.5. The van der Waals surface area contributed by atoms with Crippen molar-refractivity contribution in [2.45, 2.75) is 30.6 Å². The maximum absolute atomic E-state index is 12.7. The van der Waals surface area contributed by atoms with Crippen molar-refractivity contribution in [3.05, 3.63) is 30.1 Å². The monoisotopic (exact) mass is 253 g/mol. The van der Waals surface area contributed by atoms with Gasteiger partial charge in [-0.05, 0) is 49.6 Å². The summed E-state index contributed by atoms with van der Waals surface area (Å²) in [5.74, 6) is 1.80. The summed E-state index contributed by atoms with van der Waals surface area (Å²) in [6, 6.07) is 6.73. The summed E-state index contributed by atoms with van der Waals surface area (Å²) in [5, 5.41) is 3.51. The molecule has 1 fully saturated rings. The molecule has 1 aromatic carbocycles. The van der Waals surface area contributed by atoms with E-state index in [9.17, 15) is 4.39 Å². The Morgan fingerprint density at radius 1 is 1.18 bits per heavy atom. The molecule has 0 amide bonds. The second-order valence-corrected chi connectivity index (χ2v) is 5.83. The second kappa shape index (κ2) is 7.02. The summed E-state index contributed by atoms with van der Waals surface area (Å²) < 4.78 is 12.7. The van der Waals surface area contributed by atoms with Gasteiger partial charge in [-0.25, -0.2) is 4.39 Å². The van der Waals surface area contributed by atoms with E-state index in [-0.39, 0.29) is 5.82 Å². The summed E-state index contributed by atoms with van der Waals surface area (Å²) in [5.41, 5.74) is 0. The molecular weight excluding hydrogens is 233 g/mol. The third-order valence-corrected chi connectivity index (χ3v) is 4.28. The van der Waals surface area contributed by atoms with Crippen LogP contribution in [0.3, 0.4) is 0 Å². The zero-order chi connectivity index (χ0) is 11.9. The molecule has 0 heterocycles. The first-order valence-electron chi connectivity index (χ1n) is 6.44. The van der Waals surface area contributed by atoms with Crippen LogP contribution in [0.1, 0.15) is 25.7 Å². The predicted molar refractivity (Wildman–Crippen MR) is 72.0 cm³/mol. The minimum absolute atomic E-state index is 0.159. The van der Waals surface area contributed by atoms with Crippen LogP contribution in [0.15, 0.2) is 29.2 Å². The van der Waals surface area contributed by atoms with E-state index in [4.69, 9.17) is 0 Å². The molecule has 0 spiro atoms. The SMILES string of the molecule is Fc1ccc(SCCNCC2CCCC2)cc1. The molecule has 17 heavy (non-hydrogen) atoms. The average Bonchev–Trinajstić information content (AvgIpc) is 2.84. The quantitative estimate of drug-likeness (QED) is 0.613. The van der Waals surface area contributed by atoms with E-state index >= 15 is 0 Å². The molecule has 1 aromatic rings. The number of halogens is 1. The second-order valence-electron chi connectivity index (χ2n) is 4.66. The van der Waals surface area contributed by atoms with Gasteiger partial charge in [0.15, 0.2) is 0 Å². The molecule has 0 unspecified atom stereocenters. The lowest BCUT2D eigenvalue weighted by Crippen LogP contribution is -2.23. The average molecular weight is 253 g/mol. The van der Waals surface area contributed by atoms with E-state index in [0.29, 0.717) is 0 Å². The number of benzene rings is 1. The lowest BCUT2D eigenvalue weighted by molar-refractivity contribution is 0.500. The smallest absolute Gasteiger partial charge is 0.123 e. The van der Waals surface area contributed by atoms with E-state index in [1.165, 1.54) is 44.4 Å². The highest BCUT2D eigenvalue weighted by molar-refractivity contribution is 7.99. The van der Waals surface area contributed by atoms with Gasteiger partial charge in [0, 0.05) is 17.2 Å². The fourth-order valence-corrected chi connectivity index (χ4v) is 3.10. The van der Waals surface area contributed by atoms with Crippen LogP contribution in [-0.2, 0) is 0 Å². The van der Waals surface area contributed by atoms with Crippen LogP contribution >= 0.6 is 11.8 Å². The van der Waals surface area contributed by atoms with Crippen LogP contribution < -0.4 is 5.32 Å². The first-order valence-corrected chi connectivity index (χ1v) is 7.42. The fraction of sp³-hybridized carbons (Fsp3) is 0.571. The van der Waals surface area contributed by atoms with Crippen LogP contribution in [0.4, 0.5) is 4.39 Å². The van der Waals surface area contributed by atoms with Crippen LogP contribution in [0.2, 0.25) is 0 Å². The molecule has 0 radical (unpaired) electrons. The van der Waals surface area contributed by atoms with E-state index in [1.54, 1.807) is 11.8 Å². The molecule has 1 saturated carbocycles. The van der Waals surface area contributed by atoms with Crippen LogP contribution in [-0.4, -0.2) is 18.8 Å². The van der Waals surface area contributed by atoms with Crippen molar-refractivity contribution in [2.24, 2.45) is 5.92 Å². The molecule has 3 heteroatoms. The highest BCUT2D eigenvalue weighted by Gasteiger charge is 2.13. The Kier molecular flexibility index (Phi) is 5.33. The van der Waals surface area contributed by atoms with Crippen molar-refractivity contribution < 1.29 is 4.39 Å². The first kappa shape index (κ1) is 12.9. The molecule has 2 rings (SSSR count). The largest absolute Gasteiger partial charge is 0.316 e. The highest BCUT2D eigenvalue weighted by atomic mass is 32.2. The molecular formula is C14H20FNS. The van der Waals surface area contributed by atoms with Crippen molar-refractivity contribution in [3.8, 4) is 0 Å². The Labute approximate surface area is 107 Å². The van der Waals surface area contributed by atoms with Crippen LogP contribution in [0.25, 0.3) is 0 Å². The van der Waals surface area contributed by atoms with Gasteiger partial charge >= 0.3 is 0 Å². The van der Waals surface area contributed by atoms with Crippen molar-refractivity contribution in [1.82, 2.24) is 5.32 Å². The minimum Gasteiger partial charge on any atom is -0.316 e. The van der Waals surface area contributed by atoms with Gasteiger partial charge in [0.25, 0.3) is 0 Å².